The minimum absolute atomic E-state index is 0.0866. The zero-order chi connectivity index (χ0) is 21.3. The highest BCUT2D eigenvalue weighted by Crippen LogP contribution is 2.29. The van der Waals surface area contributed by atoms with Gasteiger partial charge in [-0.15, -0.1) is 0 Å². The van der Waals surface area contributed by atoms with Gasteiger partial charge in [-0.2, -0.15) is 0 Å². The monoisotopic (exact) mass is 412 g/mol. The fourth-order valence-corrected chi connectivity index (χ4v) is 3.19. The summed E-state index contributed by atoms with van der Waals surface area (Å²) in [6, 6.07) is 14.6. The molecule has 7 nitrogen and oxygen atoms in total. The third kappa shape index (κ3) is 5.73. The number of hydrogen-bond acceptors (Lipinski definition) is 5. The first-order chi connectivity index (χ1) is 14.6. The molecule has 0 bridgehead atoms. The largest absolute Gasteiger partial charge is 0.490 e. The Labute approximate surface area is 176 Å². The summed E-state index contributed by atoms with van der Waals surface area (Å²) in [6.45, 7) is 6.34. The molecule has 2 aromatic rings. The molecule has 30 heavy (non-hydrogen) atoms. The molecule has 3 rings (SSSR count). The van der Waals surface area contributed by atoms with Crippen molar-refractivity contribution in [2.24, 2.45) is 0 Å². The Morgan fingerprint density at radius 1 is 1.07 bits per heavy atom. The number of carbonyl (C=O) groups is 2. The van der Waals surface area contributed by atoms with Crippen molar-refractivity contribution in [3.05, 3.63) is 59.7 Å². The fourth-order valence-electron chi connectivity index (χ4n) is 3.19. The van der Waals surface area contributed by atoms with Crippen LogP contribution < -0.4 is 14.8 Å². The molecule has 0 aromatic heterocycles. The average molecular weight is 412 g/mol. The van der Waals surface area contributed by atoms with Gasteiger partial charge in [-0.1, -0.05) is 30.3 Å². The molecule has 160 valence electrons. The summed E-state index contributed by atoms with van der Waals surface area (Å²) < 4.78 is 16.6. The second-order valence-corrected chi connectivity index (χ2v) is 6.98. The summed E-state index contributed by atoms with van der Waals surface area (Å²) in [7, 11) is 0. The lowest BCUT2D eigenvalue weighted by Crippen LogP contribution is -2.43. The topological polar surface area (TPSA) is 77.1 Å². The van der Waals surface area contributed by atoms with Gasteiger partial charge in [0.2, 0.25) is 0 Å². The molecule has 7 heteroatoms. The summed E-state index contributed by atoms with van der Waals surface area (Å²) in [4.78, 5) is 26.7. The second kappa shape index (κ2) is 10.6. The average Bonchev–Trinajstić information content (AvgIpc) is 2.79. The zero-order valence-corrected chi connectivity index (χ0v) is 17.4. The van der Waals surface area contributed by atoms with E-state index in [4.69, 9.17) is 14.2 Å². The van der Waals surface area contributed by atoms with Crippen LogP contribution in [0, 0.1) is 0 Å². The van der Waals surface area contributed by atoms with Gasteiger partial charge in [-0.05, 0) is 37.6 Å². The standard InChI is InChI=1S/C23H28N2O5/c1-3-29-21-15-19(23(27)24-17(2)18-7-5-4-6-8-18)9-10-20(21)30-16-22(26)25-11-13-28-14-12-25/h4-10,15,17H,3,11-14,16H2,1-2H3,(H,24,27)/t17-/m1/s1. The number of carbonyl (C=O) groups excluding carboxylic acids is 2. The van der Waals surface area contributed by atoms with Gasteiger partial charge >= 0.3 is 0 Å². The Morgan fingerprint density at radius 3 is 2.50 bits per heavy atom. The first-order valence-corrected chi connectivity index (χ1v) is 10.2. The molecule has 1 fully saturated rings. The van der Waals surface area contributed by atoms with E-state index in [0.29, 0.717) is 50.0 Å². The SMILES string of the molecule is CCOc1cc(C(=O)N[C@H](C)c2ccccc2)ccc1OCC(=O)N1CCOCC1. The van der Waals surface area contributed by atoms with Crippen LogP contribution in [0.1, 0.15) is 35.8 Å². The highest BCUT2D eigenvalue weighted by Gasteiger charge is 2.19. The Hall–Kier alpha value is -3.06. The molecule has 0 saturated carbocycles. The third-order valence-electron chi connectivity index (χ3n) is 4.87. The smallest absolute Gasteiger partial charge is 0.260 e. The molecular weight excluding hydrogens is 384 g/mol. The van der Waals surface area contributed by atoms with Gasteiger partial charge in [0.05, 0.1) is 25.9 Å². The summed E-state index contributed by atoms with van der Waals surface area (Å²) >= 11 is 0. The van der Waals surface area contributed by atoms with E-state index >= 15 is 0 Å². The Kier molecular flexibility index (Phi) is 7.68. The normalized spacial score (nSPS) is 14.7. The summed E-state index contributed by atoms with van der Waals surface area (Å²) in [5.41, 5.74) is 1.49. The van der Waals surface area contributed by atoms with Crippen molar-refractivity contribution in [3.63, 3.8) is 0 Å². The summed E-state index contributed by atoms with van der Waals surface area (Å²) in [5, 5.41) is 2.99. The van der Waals surface area contributed by atoms with Crippen molar-refractivity contribution >= 4 is 11.8 Å². The van der Waals surface area contributed by atoms with Crippen LogP contribution >= 0.6 is 0 Å². The van der Waals surface area contributed by atoms with Gasteiger partial charge in [0.25, 0.3) is 11.8 Å². The molecule has 0 spiro atoms. The van der Waals surface area contributed by atoms with E-state index in [9.17, 15) is 9.59 Å². The number of rotatable bonds is 8. The van der Waals surface area contributed by atoms with Crippen LogP contribution in [-0.4, -0.2) is 56.2 Å². The molecule has 0 aliphatic carbocycles. The van der Waals surface area contributed by atoms with Gasteiger partial charge in [0.1, 0.15) is 0 Å². The van der Waals surface area contributed by atoms with Crippen molar-refractivity contribution in [2.45, 2.75) is 19.9 Å². The Balaban J connectivity index is 1.65. The molecule has 0 radical (unpaired) electrons. The van der Waals surface area contributed by atoms with Crippen LogP contribution in [0.2, 0.25) is 0 Å². The lowest BCUT2D eigenvalue weighted by atomic mass is 10.1. The minimum Gasteiger partial charge on any atom is -0.490 e. The van der Waals surface area contributed by atoms with Crippen LogP contribution in [-0.2, 0) is 9.53 Å². The fraction of sp³-hybridized carbons (Fsp3) is 0.391. The summed E-state index contributed by atoms with van der Waals surface area (Å²) in [6.07, 6.45) is 0. The number of morpholine rings is 1. The third-order valence-corrected chi connectivity index (χ3v) is 4.87. The molecule has 2 aromatic carbocycles. The van der Waals surface area contributed by atoms with E-state index in [1.54, 1.807) is 23.1 Å². The van der Waals surface area contributed by atoms with E-state index in [2.05, 4.69) is 5.32 Å². The zero-order valence-electron chi connectivity index (χ0n) is 17.4. The van der Waals surface area contributed by atoms with Gasteiger partial charge in [-0.3, -0.25) is 9.59 Å². The van der Waals surface area contributed by atoms with Crippen LogP contribution in [0.15, 0.2) is 48.5 Å². The van der Waals surface area contributed by atoms with Crippen molar-refractivity contribution in [2.75, 3.05) is 39.5 Å². The lowest BCUT2D eigenvalue weighted by molar-refractivity contribution is -0.137. The quantitative estimate of drug-likeness (QED) is 0.722. The number of nitrogens with one attached hydrogen (secondary N) is 1. The van der Waals surface area contributed by atoms with Gasteiger partial charge in [0.15, 0.2) is 18.1 Å². The number of ether oxygens (including phenoxy) is 3. The van der Waals surface area contributed by atoms with Gasteiger partial charge < -0.3 is 24.4 Å². The maximum Gasteiger partial charge on any atom is 0.260 e. The number of hydrogen-bond donors (Lipinski definition) is 1. The molecule has 1 aliphatic rings. The van der Waals surface area contributed by atoms with Crippen LogP contribution in [0.5, 0.6) is 11.5 Å². The van der Waals surface area contributed by atoms with Crippen molar-refractivity contribution in [1.29, 1.82) is 0 Å². The first-order valence-electron chi connectivity index (χ1n) is 10.2. The number of benzene rings is 2. The molecule has 1 saturated heterocycles. The first kappa shape index (κ1) is 21.6. The van der Waals surface area contributed by atoms with Crippen molar-refractivity contribution in [1.82, 2.24) is 10.2 Å². The Morgan fingerprint density at radius 2 is 1.80 bits per heavy atom. The molecular formula is C23H28N2O5. The van der Waals surface area contributed by atoms with Crippen molar-refractivity contribution in [3.8, 4) is 11.5 Å². The molecule has 1 N–H and O–H groups in total. The maximum atomic E-state index is 12.7. The van der Waals surface area contributed by atoms with E-state index in [-0.39, 0.29) is 24.5 Å². The van der Waals surface area contributed by atoms with Gasteiger partial charge in [-0.25, -0.2) is 0 Å². The lowest BCUT2D eigenvalue weighted by Gasteiger charge is -2.26. The second-order valence-electron chi connectivity index (χ2n) is 6.98. The van der Waals surface area contributed by atoms with Crippen LogP contribution in [0.3, 0.4) is 0 Å². The van der Waals surface area contributed by atoms with E-state index in [0.717, 1.165) is 5.56 Å². The number of amides is 2. The Bertz CT molecular complexity index is 850. The van der Waals surface area contributed by atoms with Crippen molar-refractivity contribution < 1.29 is 23.8 Å². The highest BCUT2D eigenvalue weighted by molar-refractivity contribution is 5.95. The molecule has 1 aliphatic heterocycles. The predicted octanol–water partition coefficient (Wildman–Crippen LogP) is 2.81. The molecule has 1 heterocycles. The highest BCUT2D eigenvalue weighted by atomic mass is 16.5. The van der Waals surface area contributed by atoms with E-state index in [1.807, 2.05) is 44.2 Å². The molecule has 1 atom stereocenters. The minimum atomic E-state index is -0.205. The molecule has 2 amide bonds. The van der Waals surface area contributed by atoms with Crippen LogP contribution in [0.25, 0.3) is 0 Å². The molecule has 0 unspecified atom stereocenters. The van der Waals surface area contributed by atoms with Gasteiger partial charge in [0, 0.05) is 18.7 Å². The maximum absolute atomic E-state index is 12.7. The van der Waals surface area contributed by atoms with E-state index < -0.39 is 0 Å². The van der Waals surface area contributed by atoms with Crippen LogP contribution in [0.4, 0.5) is 0 Å². The van der Waals surface area contributed by atoms with E-state index in [1.165, 1.54) is 0 Å². The summed E-state index contributed by atoms with van der Waals surface area (Å²) in [5.74, 6) is 0.570. The number of nitrogens with zero attached hydrogens (tertiary/aromatic N) is 1. The predicted molar refractivity (Wildman–Crippen MR) is 113 cm³/mol.